The average Bonchev–Trinajstić information content (AvgIpc) is 2.68. The highest BCUT2D eigenvalue weighted by Gasteiger charge is 2.08. The summed E-state index contributed by atoms with van der Waals surface area (Å²) < 4.78 is 0. The molecule has 84 valence electrons. The zero-order valence-corrected chi connectivity index (χ0v) is 8.66. The minimum atomic E-state index is -0.193. The lowest BCUT2D eigenvalue weighted by atomic mass is 10.2. The number of hydrogen-bond acceptors (Lipinski definition) is 3. The Morgan fingerprint density at radius 2 is 2.25 bits per heavy atom. The van der Waals surface area contributed by atoms with Crippen LogP contribution in [0.15, 0.2) is 24.3 Å². The summed E-state index contributed by atoms with van der Waals surface area (Å²) in [6.45, 7) is 0.853. The maximum Gasteiger partial charge on any atom is 0.267 e. The van der Waals surface area contributed by atoms with Gasteiger partial charge in [0.05, 0.1) is 0 Å². The molecule has 0 saturated heterocycles. The highest BCUT2D eigenvalue weighted by atomic mass is 16.3. The van der Waals surface area contributed by atoms with Crippen molar-refractivity contribution in [3.63, 3.8) is 0 Å². The van der Waals surface area contributed by atoms with Gasteiger partial charge in [0.15, 0.2) is 0 Å². The Hall–Kier alpha value is -2.01. The molecule has 5 N–H and O–H groups in total. The zero-order valence-electron chi connectivity index (χ0n) is 8.66. The summed E-state index contributed by atoms with van der Waals surface area (Å²) in [6.07, 6.45) is 0. The summed E-state index contributed by atoms with van der Waals surface area (Å²) in [4.78, 5) is 14.5. The first-order chi connectivity index (χ1) is 7.70. The molecule has 0 atom stereocenters. The van der Waals surface area contributed by atoms with E-state index in [0.29, 0.717) is 18.8 Å². The van der Waals surface area contributed by atoms with E-state index in [0.717, 1.165) is 10.9 Å². The van der Waals surface area contributed by atoms with Gasteiger partial charge >= 0.3 is 0 Å². The summed E-state index contributed by atoms with van der Waals surface area (Å²) in [6, 6.07) is 6.65. The van der Waals surface area contributed by atoms with Gasteiger partial charge in [-0.05, 0) is 18.2 Å². The third-order valence-corrected chi connectivity index (χ3v) is 2.28. The van der Waals surface area contributed by atoms with Gasteiger partial charge < -0.3 is 21.1 Å². The van der Waals surface area contributed by atoms with Crippen molar-refractivity contribution in [2.24, 2.45) is 5.73 Å². The topological polar surface area (TPSA) is 91.1 Å². The van der Waals surface area contributed by atoms with Crippen LogP contribution >= 0.6 is 0 Å². The molecule has 5 nitrogen and oxygen atoms in total. The van der Waals surface area contributed by atoms with Gasteiger partial charge in [-0.2, -0.15) is 0 Å². The number of aromatic nitrogens is 1. The molecule has 0 radical (unpaired) electrons. The SMILES string of the molecule is NCCNC(=O)c1cc2ccc(O)cc2[nH]1. The first kappa shape index (κ1) is 10.5. The molecule has 0 saturated carbocycles. The van der Waals surface area contributed by atoms with E-state index in [9.17, 15) is 9.90 Å². The number of nitrogens with two attached hydrogens (primary N) is 1. The fourth-order valence-electron chi connectivity index (χ4n) is 1.52. The lowest BCUT2D eigenvalue weighted by Crippen LogP contribution is -2.29. The number of carbonyl (C=O) groups is 1. The molecule has 5 heteroatoms. The van der Waals surface area contributed by atoms with Crippen molar-refractivity contribution in [3.8, 4) is 5.75 Å². The van der Waals surface area contributed by atoms with E-state index >= 15 is 0 Å². The Bertz CT molecular complexity index is 519. The van der Waals surface area contributed by atoms with Gasteiger partial charge in [0.25, 0.3) is 5.91 Å². The van der Waals surface area contributed by atoms with Crippen LogP contribution in [0.1, 0.15) is 10.5 Å². The molecule has 0 aliphatic heterocycles. The van der Waals surface area contributed by atoms with E-state index in [4.69, 9.17) is 5.73 Å². The number of aromatic hydroxyl groups is 1. The predicted molar refractivity (Wildman–Crippen MR) is 61.4 cm³/mol. The average molecular weight is 219 g/mol. The smallest absolute Gasteiger partial charge is 0.267 e. The Balaban J connectivity index is 2.28. The molecule has 0 fully saturated rings. The number of amides is 1. The maximum atomic E-state index is 11.6. The molecule has 0 aliphatic rings. The lowest BCUT2D eigenvalue weighted by Gasteiger charge is -1.99. The second-order valence-corrected chi connectivity index (χ2v) is 3.50. The number of hydrogen-bond donors (Lipinski definition) is 4. The van der Waals surface area contributed by atoms with Gasteiger partial charge in [0.1, 0.15) is 11.4 Å². The molecule has 2 rings (SSSR count). The number of nitrogens with one attached hydrogen (secondary N) is 2. The number of benzene rings is 1. The quantitative estimate of drug-likeness (QED) is 0.608. The van der Waals surface area contributed by atoms with Crippen LogP contribution in [0.25, 0.3) is 10.9 Å². The predicted octanol–water partition coefficient (Wildman–Crippen LogP) is 0.562. The van der Waals surface area contributed by atoms with Crippen molar-refractivity contribution < 1.29 is 9.90 Å². The lowest BCUT2D eigenvalue weighted by molar-refractivity contribution is 0.0950. The van der Waals surface area contributed by atoms with Gasteiger partial charge in [0, 0.05) is 30.1 Å². The molecule has 0 unspecified atom stereocenters. The van der Waals surface area contributed by atoms with Crippen molar-refractivity contribution in [1.29, 1.82) is 0 Å². The van der Waals surface area contributed by atoms with Crippen molar-refractivity contribution in [2.75, 3.05) is 13.1 Å². The van der Waals surface area contributed by atoms with Gasteiger partial charge in [-0.25, -0.2) is 0 Å². The van der Waals surface area contributed by atoms with Crippen molar-refractivity contribution in [3.05, 3.63) is 30.0 Å². The summed E-state index contributed by atoms with van der Waals surface area (Å²) in [7, 11) is 0. The molecule has 1 heterocycles. The molecular weight excluding hydrogens is 206 g/mol. The number of phenolic OH excluding ortho intramolecular Hbond substituents is 1. The van der Waals surface area contributed by atoms with E-state index < -0.39 is 0 Å². The van der Waals surface area contributed by atoms with Crippen LogP contribution in [0, 0.1) is 0 Å². The van der Waals surface area contributed by atoms with E-state index in [1.807, 2.05) is 0 Å². The summed E-state index contributed by atoms with van der Waals surface area (Å²) >= 11 is 0. The van der Waals surface area contributed by atoms with E-state index in [2.05, 4.69) is 10.3 Å². The third-order valence-electron chi connectivity index (χ3n) is 2.28. The second kappa shape index (κ2) is 4.24. The standard InChI is InChI=1S/C11H13N3O2/c12-3-4-13-11(16)10-5-7-1-2-8(15)6-9(7)14-10/h1-2,5-6,14-15H,3-4,12H2,(H,13,16). The maximum absolute atomic E-state index is 11.6. The van der Waals surface area contributed by atoms with Crippen molar-refractivity contribution >= 4 is 16.8 Å². The van der Waals surface area contributed by atoms with Gasteiger partial charge in [-0.1, -0.05) is 0 Å². The van der Waals surface area contributed by atoms with Crippen LogP contribution < -0.4 is 11.1 Å². The number of H-pyrrole nitrogens is 1. The normalized spacial score (nSPS) is 10.6. The first-order valence-electron chi connectivity index (χ1n) is 5.00. The third kappa shape index (κ3) is 1.99. The minimum Gasteiger partial charge on any atom is -0.508 e. The monoisotopic (exact) mass is 219 g/mol. The van der Waals surface area contributed by atoms with Gasteiger partial charge in [0.2, 0.25) is 0 Å². The Morgan fingerprint density at radius 3 is 3.00 bits per heavy atom. The fraction of sp³-hybridized carbons (Fsp3) is 0.182. The molecule has 16 heavy (non-hydrogen) atoms. The molecule has 1 amide bonds. The molecule has 2 aromatic rings. The number of phenols is 1. The summed E-state index contributed by atoms with van der Waals surface area (Å²) in [5.41, 5.74) is 6.49. The molecule has 1 aromatic carbocycles. The van der Waals surface area contributed by atoms with Crippen LogP contribution in [-0.4, -0.2) is 29.1 Å². The van der Waals surface area contributed by atoms with Gasteiger partial charge in [-0.3, -0.25) is 4.79 Å². The van der Waals surface area contributed by atoms with E-state index in [1.165, 1.54) is 0 Å². The van der Waals surface area contributed by atoms with E-state index in [1.54, 1.807) is 24.3 Å². The van der Waals surface area contributed by atoms with Crippen LogP contribution in [0.3, 0.4) is 0 Å². The first-order valence-corrected chi connectivity index (χ1v) is 5.00. The zero-order chi connectivity index (χ0) is 11.5. The van der Waals surface area contributed by atoms with Crippen LogP contribution in [0.4, 0.5) is 0 Å². The Labute approximate surface area is 92.3 Å². The van der Waals surface area contributed by atoms with E-state index in [-0.39, 0.29) is 11.7 Å². The number of aromatic amines is 1. The highest BCUT2D eigenvalue weighted by molar-refractivity contribution is 5.98. The molecular formula is C11H13N3O2. The van der Waals surface area contributed by atoms with Crippen molar-refractivity contribution in [1.82, 2.24) is 10.3 Å². The molecule has 1 aromatic heterocycles. The summed E-state index contributed by atoms with van der Waals surface area (Å²) in [5, 5.41) is 12.8. The largest absolute Gasteiger partial charge is 0.508 e. The van der Waals surface area contributed by atoms with Crippen LogP contribution in [-0.2, 0) is 0 Å². The summed E-state index contributed by atoms with van der Waals surface area (Å²) in [5.74, 6) is -0.0237. The Kier molecular flexibility index (Phi) is 2.78. The number of fused-ring (bicyclic) bond motifs is 1. The molecule has 0 aliphatic carbocycles. The van der Waals surface area contributed by atoms with Crippen LogP contribution in [0.2, 0.25) is 0 Å². The van der Waals surface area contributed by atoms with Crippen LogP contribution in [0.5, 0.6) is 5.75 Å². The second-order valence-electron chi connectivity index (χ2n) is 3.50. The number of rotatable bonds is 3. The molecule has 0 bridgehead atoms. The fourth-order valence-corrected chi connectivity index (χ4v) is 1.52. The minimum absolute atomic E-state index is 0.170. The van der Waals surface area contributed by atoms with Gasteiger partial charge in [-0.15, -0.1) is 0 Å². The number of carbonyl (C=O) groups excluding carboxylic acids is 1. The molecule has 0 spiro atoms. The van der Waals surface area contributed by atoms with Crippen molar-refractivity contribution in [2.45, 2.75) is 0 Å². The highest BCUT2D eigenvalue weighted by Crippen LogP contribution is 2.20. The Morgan fingerprint density at radius 1 is 1.44 bits per heavy atom.